The second-order valence-electron chi connectivity index (χ2n) is 15.6. The van der Waals surface area contributed by atoms with Gasteiger partial charge in [0.15, 0.2) is 0 Å². The number of phenols is 1. The molecule has 10 nitrogen and oxygen atoms in total. The number of phenolic OH excluding ortho intramolecular Hbond substituents is 1. The summed E-state index contributed by atoms with van der Waals surface area (Å²) in [5.74, 6) is -3.96. The van der Waals surface area contributed by atoms with Crippen molar-refractivity contribution in [3.63, 3.8) is 0 Å². The highest BCUT2D eigenvalue weighted by molar-refractivity contribution is 6.32. The number of fused-ring (bicyclic) bond motifs is 5. The van der Waals surface area contributed by atoms with Crippen LogP contribution in [0.2, 0.25) is 5.02 Å². The first-order valence-electron chi connectivity index (χ1n) is 19.0. The summed E-state index contributed by atoms with van der Waals surface area (Å²) in [6, 6.07) is 21.2. The highest BCUT2D eigenvalue weighted by Gasteiger charge is 2.68. The first-order valence-corrected chi connectivity index (χ1v) is 19.4. The predicted molar refractivity (Wildman–Crippen MR) is 215 cm³/mol. The van der Waals surface area contributed by atoms with Gasteiger partial charge in [0.05, 0.1) is 60.0 Å². The molecule has 5 aliphatic rings. The lowest BCUT2D eigenvalue weighted by atomic mass is 9.51. The van der Waals surface area contributed by atoms with Crippen LogP contribution in [0, 0.1) is 40.8 Å². The van der Waals surface area contributed by atoms with E-state index >= 15 is 0 Å². The SMILES string of the molecule is COc1ccc(OC)c(C=Cc2ccc(N3C(=O)C4CC=C5C(CC6C(=O)N(c7ccc(F)c(Cl)c7)C(=O)C6(C)C5C5=COc6ccc(O)cc6C5)C4C3=O)cc2)c1. The highest BCUT2D eigenvalue weighted by Crippen LogP contribution is 2.63. The molecule has 12 heteroatoms. The number of halogens is 2. The summed E-state index contributed by atoms with van der Waals surface area (Å²) in [5, 5.41) is 10.1. The molecule has 3 heterocycles. The Bertz CT molecular complexity index is 2530. The number of imide groups is 2. The van der Waals surface area contributed by atoms with E-state index in [1.165, 1.54) is 23.1 Å². The Morgan fingerprint density at radius 1 is 0.862 bits per heavy atom. The van der Waals surface area contributed by atoms with Crippen LogP contribution >= 0.6 is 11.6 Å². The largest absolute Gasteiger partial charge is 0.508 e. The number of ether oxygens (including phenoxy) is 3. The van der Waals surface area contributed by atoms with Gasteiger partial charge < -0.3 is 19.3 Å². The van der Waals surface area contributed by atoms with Crippen molar-refractivity contribution in [2.24, 2.45) is 35.0 Å². The highest BCUT2D eigenvalue weighted by atomic mass is 35.5. The minimum atomic E-state index is -1.33. The van der Waals surface area contributed by atoms with E-state index in [0.717, 1.165) is 27.7 Å². The Morgan fingerprint density at radius 2 is 1.64 bits per heavy atom. The fourth-order valence-corrected chi connectivity index (χ4v) is 10.0. The lowest BCUT2D eigenvalue weighted by molar-refractivity contribution is -0.132. The Kier molecular flexibility index (Phi) is 9.04. The number of amides is 4. The Balaban J connectivity index is 1.06. The second-order valence-corrected chi connectivity index (χ2v) is 16.0. The van der Waals surface area contributed by atoms with E-state index in [9.17, 15) is 28.7 Å². The van der Waals surface area contributed by atoms with Gasteiger partial charge in [-0.1, -0.05) is 47.5 Å². The third-order valence-electron chi connectivity index (χ3n) is 12.6. The number of hydrogen-bond acceptors (Lipinski definition) is 8. The van der Waals surface area contributed by atoms with E-state index in [-0.39, 0.29) is 41.1 Å². The molecule has 4 aromatic rings. The lowest BCUT2D eigenvalue weighted by Crippen LogP contribution is -2.51. The molecular formula is C46H38ClFN2O8. The van der Waals surface area contributed by atoms with Gasteiger partial charge in [-0.25, -0.2) is 9.29 Å². The Hall–Kier alpha value is -6.20. The van der Waals surface area contributed by atoms with E-state index in [4.69, 9.17) is 25.8 Å². The van der Waals surface area contributed by atoms with Gasteiger partial charge >= 0.3 is 0 Å². The fraction of sp³-hybridized carbons (Fsp3) is 0.261. The molecule has 1 N–H and O–H groups in total. The monoisotopic (exact) mass is 800 g/mol. The third kappa shape index (κ3) is 5.74. The smallest absolute Gasteiger partial charge is 0.241 e. The van der Waals surface area contributed by atoms with Crippen LogP contribution in [-0.4, -0.2) is 43.0 Å². The summed E-state index contributed by atoms with van der Waals surface area (Å²) < 4.78 is 31.2. The molecule has 0 bridgehead atoms. The van der Waals surface area contributed by atoms with Gasteiger partial charge in [-0.05, 0) is 104 Å². The van der Waals surface area contributed by atoms with Crippen LogP contribution in [0.3, 0.4) is 0 Å². The molecule has 6 atom stereocenters. The van der Waals surface area contributed by atoms with Crippen molar-refractivity contribution in [3.8, 4) is 23.0 Å². The average molecular weight is 801 g/mol. The van der Waals surface area contributed by atoms with Gasteiger partial charge in [0.1, 0.15) is 28.8 Å². The molecular weight excluding hydrogens is 763 g/mol. The van der Waals surface area contributed by atoms with E-state index in [0.29, 0.717) is 40.5 Å². The summed E-state index contributed by atoms with van der Waals surface area (Å²) in [5.41, 5.74) is 3.10. The molecule has 3 aliphatic heterocycles. The summed E-state index contributed by atoms with van der Waals surface area (Å²) in [4.78, 5) is 60.5. The first-order chi connectivity index (χ1) is 27.9. The fourth-order valence-electron chi connectivity index (χ4n) is 9.86. The number of anilines is 2. The maximum Gasteiger partial charge on any atom is 0.241 e. The number of carbonyl (C=O) groups is 4. The topological polar surface area (TPSA) is 123 Å². The van der Waals surface area contributed by atoms with Crippen molar-refractivity contribution in [3.05, 3.63) is 130 Å². The molecule has 0 aromatic heterocycles. The average Bonchev–Trinajstić information content (AvgIpc) is 3.60. The van der Waals surface area contributed by atoms with Crippen molar-refractivity contribution in [2.75, 3.05) is 24.0 Å². The van der Waals surface area contributed by atoms with Gasteiger partial charge in [-0.15, -0.1) is 0 Å². The molecule has 4 aromatic carbocycles. The maximum absolute atomic E-state index is 14.8. The van der Waals surface area contributed by atoms with Crippen molar-refractivity contribution < 1.29 is 42.9 Å². The number of rotatable bonds is 7. The van der Waals surface area contributed by atoms with Gasteiger partial charge in [0.2, 0.25) is 23.6 Å². The quantitative estimate of drug-likeness (QED) is 0.113. The second kappa shape index (κ2) is 14.0. The van der Waals surface area contributed by atoms with E-state index in [1.54, 1.807) is 51.7 Å². The molecule has 4 amide bonds. The third-order valence-corrected chi connectivity index (χ3v) is 12.9. The van der Waals surface area contributed by atoms with Crippen molar-refractivity contribution >= 4 is 58.8 Å². The van der Waals surface area contributed by atoms with Gasteiger partial charge in [0.25, 0.3) is 0 Å². The zero-order valence-corrected chi connectivity index (χ0v) is 32.5. The molecule has 1 saturated carbocycles. The summed E-state index contributed by atoms with van der Waals surface area (Å²) in [7, 11) is 3.19. The zero-order valence-electron chi connectivity index (χ0n) is 31.8. The number of allylic oxidation sites excluding steroid dienone is 3. The number of benzene rings is 4. The molecule has 294 valence electrons. The molecule has 0 spiro atoms. The molecule has 2 saturated heterocycles. The van der Waals surface area contributed by atoms with Crippen LogP contribution in [0.15, 0.2) is 102 Å². The van der Waals surface area contributed by atoms with Crippen LogP contribution in [0.1, 0.15) is 36.5 Å². The van der Waals surface area contributed by atoms with Gasteiger partial charge in [-0.2, -0.15) is 0 Å². The van der Waals surface area contributed by atoms with Crippen molar-refractivity contribution in [1.82, 2.24) is 0 Å². The number of carbonyl (C=O) groups excluding carboxylic acids is 4. The number of nitrogens with zero attached hydrogens (tertiary/aromatic N) is 2. The van der Waals surface area contributed by atoms with Crippen LogP contribution in [0.5, 0.6) is 23.0 Å². The van der Waals surface area contributed by atoms with Crippen LogP contribution in [0.25, 0.3) is 12.2 Å². The van der Waals surface area contributed by atoms with Crippen molar-refractivity contribution in [1.29, 1.82) is 0 Å². The standard InChI is InChI=1S/C46H38ClFN2O8/c1-46-35(43(53)50(45(46)55)29-10-15-37(48)36(47)21-29)22-34-32(41(46)27-18-26-19-30(51)11-16-39(26)58-23-27)13-14-33-40(34)44(54)49(42(33)52)28-8-5-24(6-9-28)4-7-25-20-31(56-2)12-17-38(25)57-3/h4-13,15-17,19-21,23,33-35,40-41,51H,14,18,22H2,1-3H3. The minimum absolute atomic E-state index is 0.0525. The normalized spacial score (nSPS) is 26.1. The predicted octanol–water partition coefficient (Wildman–Crippen LogP) is 8.16. The summed E-state index contributed by atoms with van der Waals surface area (Å²) in [6.45, 7) is 1.77. The molecule has 3 fully saturated rings. The van der Waals surface area contributed by atoms with Crippen LogP contribution in [0.4, 0.5) is 15.8 Å². The molecule has 6 unspecified atom stereocenters. The molecule has 9 rings (SSSR count). The number of methoxy groups -OCH3 is 2. The first kappa shape index (κ1) is 37.4. The summed E-state index contributed by atoms with van der Waals surface area (Å²) >= 11 is 6.15. The molecule has 58 heavy (non-hydrogen) atoms. The Labute approximate surface area is 338 Å². The Morgan fingerprint density at radius 3 is 2.38 bits per heavy atom. The van der Waals surface area contributed by atoms with Crippen molar-refractivity contribution in [2.45, 2.75) is 26.2 Å². The minimum Gasteiger partial charge on any atom is -0.508 e. The molecule has 0 radical (unpaired) electrons. The van der Waals surface area contributed by atoms with E-state index in [1.807, 2.05) is 48.6 Å². The zero-order chi connectivity index (χ0) is 40.6. The maximum atomic E-state index is 14.8. The van der Waals surface area contributed by atoms with Crippen LogP contribution in [-0.2, 0) is 25.6 Å². The van der Waals surface area contributed by atoms with Gasteiger partial charge in [-0.3, -0.25) is 24.1 Å². The summed E-state index contributed by atoms with van der Waals surface area (Å²) in [6.07, 6.45) is 8.09. The number of aromatic hydroxyl groups is 1. The van der Waals surface area contributed by atoms with Gasteiger partial charge in [0, 0.05) is 23.5 Å². The molecule has 2 aliphatic carbocycles. The van der Waals surface area contributed by atoms with E-state index < -0.39 is 52.6 Å². The van der Waals surface area contributed by atoms with E-state index in [2.05, 4.69) is 0 Å². The van der Waals surface area contributed by atoms with Crippen LogP contribution < -0.4 is 24.0 Å². The number of hydrogen-bond donors (Lipinski definition) is 1. The lowest BCUT2D eigenvalue weighted by Gasteiger charge is -2.49.